The minimum absolute atomic E-state index is 0.0807. The van der Waals surface area contributed by atoms with Crippen LogP contribution in [0, 0.1) is 0 Å². The van der Waals surface area contributed by atoms with E-state index in [0.717, 1.165) is 0 Å². The van der Waals surface area contributed by atoms with Crippen LogP contribution in [0.25, 0.3) is 0 Å². The minimum atomic E-state index is -0.128. The van der Waals surface area contributed by atoms with E-state index in [9.17, 15) is 9.59 Å². The Hall–Kier alpha value is -3.42. The fourth-order valence-corrected chi connectivity index (χ4v) is 4.08. The van der Waals surface area contributed by atoms with Crippen molar-refractivity contribution in [3.63, 3.8) is 0 Å². The normalized spacial score (nSPS) is 21.7. The third-order valence-corrected chi connectivity index (χ3v) is 5.75. The van der Waals surface area contributed by atoms with E-state index < -0.39 is 0 Å². The van der Waals surface area contributed by atoms with Gasteiger partial charge in [-0.15, -0.1) is 0 Å². The molecule has 2 aromatic carbocycles. The Morgan fingerprint density at radius 2 is 1.10 bits per heavy atom. The SMILES string of the molecule is C[C@H]1CN(C(=O)c2ccc3c(c2)OCO3)[C@@H](C)CN1C(=O)c1ccc2c(c1)OCO2. The van der Waals surface area contributed by atoms with Gasteiger partial charge in [0.2, 0.25) is 13.6 Å². The van der Waals surface area contributed by atoms with Crippen LogP contribution >= 0.6 is 0 Å². The first-order valence-electron chi connectivity index (χ1n) is 9.92. The molecule has 0 aromatic heterocycles. The van der Waals surface area contributed by atoms with Gasteiger partial charge < -0.3 is 28.7 Å². The van der Waals surface area contributed by atoms with Gasteiger partial charge in [0.15, 0.2) is 23.0 Å². The van der Waals surface area contributed by atoms with E-state index in [1.807, 2.05) is 23.6 Å². The summed E-state index contributed by atoms with van der Waals surface area (Å²) in [6, 6.07) is 10.2. The molecule has 3 heterocycles. The van der Waals surface area contributed by atoms with Crippen molar-refractivity contribution in [1.29, 1.82) is 0 Å². The fraction of sp³-hybridized carbons (Fsp3) is 0.364. The molecule has 3 aliphatic rings. The summed E-state index contributed by atoms with van der Waals surface area (Å²) < 4.78 is 21.4. The zero-order valence-corrected chi connectivity index (χ0v) is 16.8. The molecule has 8 heteroatoms. The summed E-state index contributed by atoms with van der Waals surface area (Å²) in [5, 5.41) is 0. The van der Waals surface area contributed by atoms with E-state index in [2.05, 4.69) is 0 Å². The summed E-state index contributed by atoms with van der Waals surface area (Å²) in [6.07, 6.45) is 0. The summed E-state index contributed by atoms with van der Waals surface area (Å²) >= 11 is 0. The highest BCUT2D eigenvalue weighted by Gasteiger charge is 2.36. The van der Waals surface area contributed by atoms with Crippen LogP contribution in [-0.2, 0) is 0 Å². The van der Waals surface area contributed by atoms with Crippen molar-refractivity contribution in [1.82, 2.24) is 9.80 Å². The van der Waals surface area contributed by atoms with Crippen LogP contribution in [0.15, 0.2) is 36.4 Å². The van der Waals surface area contributed by atoms with Gasteiger partial charge in [0, 0.05) is 36.3 Å². The average Bonchev–Trinajstić information content (AvgIpc) is 3.42. The number of fused-ring (bicyclic) bond motifs is 2. The Kier molecular flexibility index (Phi) is 4.42. The van der Waals surface area contributed by atoms with Crippen LogP contribution in [0.2, 0.25) is 0 Å². The third kappa shape index (κ3) is 3.08. The minimum Gasteiger partial charge on any atom is -0.454 e. The van der Waals surface area contributed by atoms with Crippen LogP contribution in [0.3, 0.4) is 0 Å². The number of carbonyl (C=O) groups excluding carboxylic acids is 2. The molecular formula is C22H22N2O6. The Labute approximate surface area is 173 Å². The smallest absolute Gasteiger partial charge is 0.254 e. The van der Waals surface area contributed by atoms with Gasteiger partial charge in [0.05, 0.1) is 0 Å². The molecule has 2 aromatic rings. The molecule has 156 valence electrons. The summed E-state index contributed by atoms with van der Waals surface area (Å²) in [6.45, 7) is 5.14. The molecule has 30 heavy (non-hydrogen) atoms. The molecule has 0 radical (unpaired) electrons. The largest absolute Gasteiger partial charge is 0.454 e. The standard InChI is InChI=1S/C22H22N2O6/c1-13-9-24(22(26)16-4-6-18-20(8-16)30-12-28-18)14(2)10-23(13)21(25)15-3-5-17-19(7-15)29-11-27-17/h3-8,13-14H,9-12H2,1-2H3/t13-,14-/m0/s1. The molecule has 0 N–H and O–H groups in total. The maximum Gasteiger partial charge on any atom is 0.254 e. The highest BCUT2D eigenvalue weighted by atomic mass is 16.7. The number of nitrogens with zero attached hydrogens (tertiary/aromatic N) is 2. The van der Waals surface area contributed by atoms with E-state index in [0.29, 0.717) is 47.2 Å². The summed E-state index contributed by atoms with van der Waals surface area (Å²) in [5.74, 6) is 2.29. The van der Waals surface area contributed by atoms with Crippen LogP contribution in [0.1, 0.15) is 34.6 Å². The molecule has 0 saturated carbocycles. The molecule has 1 saturated heterocycles. The Bertz CT molecular complexity index is 941. The number of rotatable bonds is 2. The Morgan fingerprint density at radius 1 is 0.700 bits per heavy atom. The van der Waals surface area contributed by atoms with Crippen molar-refractivity contribution in [3.05, 3.63) is 47.5 Å². The van der Waals surface area contributed by atoms with Gasteiger partial charge in [-0.1, -0.05) is 0 Å². The molecule has 3 aliphatic heterocycles. The van der Waals surface area contributed by atoms with E-state index in [4.69, 9.17) is 18.9 Å². The maximum absolute atomic E-state index is 13.1. The lowest BCUT2D eigenvalue weighted by molar-refractivity contribution is 0.0270. The molecule has 2 atom stereocenters. The van der Waals surface area contributed by atoms with Crippen molar-refractivity contribution < 1.29 is 28.5 Å². The molecule has 1 fully saturated rings. The van der Waals surface area contributed by atoms with E-state index >= 15 is 0 Å². The average molecular weight is 410 g/mol. The fourth-order valence-electron chi connectivity index (χ4n) is 4.08. The topological polar surface area (TPSA) is 77.5 Å². The van der Waals surface area contributed by atoms with Crippen molar-refractivity contribution in [3.8, 4) is 23.0 Å². The second-order valence-corrected chi connectivity index (χ2v) is 7.75. The van der Waals surface area contributed by atoms with Crippen molar-refractivity contribution >= 4 is 11.8 Å². The molecule has 0 unspecified atom stereocenters. The van der Waals surface area contributed by atoms with Gasteiger partial charge in [0.25, 0.3) is 11.8 Å². The lowest BCUT2D eigenvalue weighted by Gasteiger charge is -2.44. The highest BCUT2D eigenvalue weighted by molar-refractivity contribution is 5.97. The predicted octanol–water partition coefficient (Wildman–Crippen LogP) is 2.52. The first-order valence-corrected chi connectivity index (χ1v) is 9.92. The zero-order valence-electron chi connectivity index (χ0n) is 16.8. The number of amides is 2. The van der Waals surface area contributed by atoms with Gasteiger partial charge in [0.1, 0.15) is 0 Å². The van der Waals surface area contributed by atoms with Gasteiger partial charge >= 0.3 is 0 Å². The van der Waals surface area contributed by atoms with E-state index in [1.54, 1.807) is 36.4 Å². The van der Waals surface area contributed by atoms with Crippen LogP contribution in [-0.4, -0.2) is 60.4 Å². The number of hydrogen-bond acceptors (Lipinski definition) is 6. The van der Waals surface area contributed by atoms with Crippen molar-refractivity contribution in [2.45, 2.75) is 25.9 Å². The van der Waals surface area contributed by atoms with Gasteiger partial charge in [-0.25, -0.2) is 0 Å². The lowest BCUT2D eigenvalue weighted by Crippen LogP contribution is -2.59. The number of ether oxygens (including phenoxy) is 4. The zero-order chi connectivity index (χ0) is 20.8. The molecule has 0 spiro atoms. The Morgan fingerprint density at radius 3 is 1.53 bits per heavy atom. The second kappa shape index (κ2) is 7.12. The van der Waals surface area contributed by atoms with Gasteiger partial charge in [-0.05, 0) is 50.2 Å². The summed E-state index contributed by atoms with van der Waals surface area (Å²) in [5.41, 5.74) is 1.10. The maximum atomic E-state index is 13.1. The molecule has 2 amide bonds. The summed E-state index contributed by atoms with van der Waals surface area (Å²) in [4.78, 5) is 29.9. The van der Waals surface area contributed by atoms with Crippen LogP contribution in [0.5, 0.6) is 23.0 Å². The molecule has 8 nitrogen and oxygen atoms in total. The highest BCUT2D eigenvalue weighted by Crippen LogP contribution is 2.34. The van der Waals surface area contributed by atoms with Gasteiger partial charge in [-0.3, -0.25) is 9.59 Å². The molecule has 0 bridgehead atoms. The molecule has 0 aliphatic carbocycles. The lowest BCUT2D eigenvalue weighted by atomic mass is 10.0. The monoisotopic (exact) mass is 410 g/mol. The van der Waals surface area contributed by atoms with E-state index in [1.165, 1.54) is 0 Å². The summed E-state index contributed by atoms with van der Waals surface area (Å²) in [7, 11) is 0. The Balaban J connectivity index is 1.32. The van der Waals surface area contributed by atoms with Crippen LogP contribution < -0.4 is 18.9 Å². The second-order valence-electron chi connectivity index (χ2n) is 7.75. The number of hydrogen-bond donors (Lipinski definition) is 0. The van der Waals surface area contributed by atoms with Crippen molar-refractivity contribution in [2.75, 3.05) is 26.7 Å². The predicted molar refractivity (Wildman–Crippen MR) is 106 cm³/mol. The quantitative estimate of drug-likeness (QED) is 0.757. The van der Waals surface area contributed by atoms with Crippen molar-refractivity contribution in [2.24, 2.45) is 0 Å². The van der Waals surface area contributed by atoms with Crippen LogP contribution in [0.4, 0.5) is 0 Å². The first-order chi connectivity index (χ1) is 14.5. The van der Waals surface area contributed by atoms with E-state index in [-0.39, 0.29) is 37.5 Å². The first kappa shape index (κ1) is 18.6. The third-order valence-electron chi connectivity index (χ3n) is 5.75. The van der Waals surface area contributed by atoms with Gasteiger partial charge in [-0.2, -0.15) is 0 Å². The number of benzene rings is 2. The number of piperazine rings is 1. The molecule has 5 rings (SSSR count). The molecular weight excluding hydrogens is 388 g/mol. The number of carbonyl (C=O) groups is 2.